The molecule has 0 spiro atoms. The Hall–Kier alpha value is -2.22. The van der Waals surface area contributed by atoms with Gasteiger partial charge in [0, 0.05) is 24.7 Å². The van der Waals surface area contributed by atoms with Crippen molar-refractivity contribution in [3.05, 3.63) is 29.3 Å². The van der Waals surface area contributed by atoms with Gasteiger partial charge >= 0.3 is 0 Å². The van der Waals surface area contributed by atoms with Gasteiger partial charge in [0.05, 0.1) is 10.8 Å². The van der Waals surface area contributed by atoms with Gasteiger partial charge in [-0.15, -0.1) is 5.10 Å². The minimum atomic E-state index is -0.314. The Morgan fingerprint density at radius 1 is 1.27 bits per heavy atom. The number of rotatable bonds is 4. The second-order valence-corrected chi connectivity index (χ2v) is 8.74. The van der Waals surface area contributed by atoms with Crippen LogP contribution in [0.4, 0.5) is 5.69 Å². The van der Waals surface area contributed by atoms with Crippen molar-refractivity contribution in [2.45, 2.75) is 57.0 Å². The molecule has 2 aromatic rings. The zero-order valence-corrected chi connectivity index (χ0v) is 16.5. The van der Waals surface area contributed by atoms with Gasteiger partial charge in [-0.05, 0) is 68.3 Å². The van der Waals surface area contributed by atoms with E-state index in [1.165, 1.54) is 11.8 Å². The Bertz CT molecular complexity index is 856. The Labute approximate surface area is 157 Å². The highest BCUT2D eigenvalue weighted by Gasteiger charge is 2.27. The van der Waals surface area contributed by atoms with Crippen molar-refractivity contribution in [2.75, 3.05) is 11.4 Å². The van der Waals surface area contributed by atoms with Crippen molar-refractivity contribution in [1.82, 2.24) is 20.2 Å². The van der Waals surface area contributed by atoms with Crippen LogP contribution in [0.3, 0.4) is 0 Å². The maximum absolute atomic E-state index is 12.9. The van der Waals surface area contributed by atoms with Gasteiger partial charge in [-0.25, -0.2) is 4.68 Å². The molecule has 1 aromatic heterocycles. The summed E-state index contributed by atoms with van der Waals surface area (Å²) in [6.45, 7) is 10.1. The molecule has 0 saturated carbocycles. The van der Waals surface area contributed by atoms with Crippen molar-refractivity contribution in [2.24, 2.45) is 0 Å². The third-order valence-corrected chi connectivity index (χ3v) is 5.40. The van der Waals surface area contributed by atoms with Crippen LogP contribution in [-0.4, -0.2) is 43.7 Å². The molecule has 0 aliphatic carbocycles. The van der Waals surface area contributed by atoms with Crippen LogP contribution in [0.1, 0.15) is 50.5 Å². The first-order chi connectivity index (χ1) is 12.2. The summed E-state index contributed by atoms with van der Waals surface area (Å²) in [5.41, 5.74) is 2.36. The summed E-state index contributed by atoms with van der Waals surface area (Å²) in [4.78, 5) is 26.3. The smallest absolute Gasteiger partial charge is 0.223 e. The summed E-state index contributed by atoms with van der Waals surface area (Å²) < 4.78 is 1.73. The van der Waals surface area contributed by atoms with Gasteiger partial charge in [-0.3, -0.25) is 9.59 Å². The van der Waals surface area contributed by atoms with Crippen LogP contribution in [-0.2, 0) is 16.8 Å². The molecule has 138 valence electrons. The van der Waals surface area contributed by atoms with E-state index in [2.05, 4.69) is 15.5 Å². The molecule has 0 N–H and O–H groups in total. The summed E-state index contributed by atoms with van der Waals surface area (Å²) in [7, 11) is 0. The fourth-order valence-corrected chi connectivity index (χ4v) is 4.06. The number of thioether (sulfide) groups is 1. The number of carbonyl (C=O) groups is 2. The molecule has 1 aliphatic rings. The average molecular weight is 373 g/mol. The zero-order chi connectivity index (χ0) is 19.1. The van der Waals surface area contributed by atoms with Gasteiger partial charge in [-0.1, -0.05) is 11.8 Å². The van der Waals surface area contributed by atoms with E-state index in [0.717, 1.165) is 17.7 Å². The Kier molecular flexibility index (Phi) is 4.88. The maximum Gasteiger partial charge on any atom is 0.223 e. The highest BCUT2D eigenvalue weighted by atomic mass is 32.2. The summed E-state index contributed by atoms with van der Waals surface area (Å²) >= 11 is 1.36. The Balaban J connectivity index is 1.78. The summed E-state index contributed by atoms with van der Waals surface area (Å²) in [5.74, 6) is 0.0586. The minimum Gasteiger partial charge on any atom is -0.312 e. The molecule has 1 atom stereocenters. The van der Waals surface area contributed by atoms with E-state index in [9.17, 15) is 9.59 Å². The Morgan fingerprint density at radius 3 is 2.65 bits per heavy atom. The van der Waals surface area contributed by atoms with E-state index in [-0.39, 0.29) is 22.5 Å². The van der Waals surface area contributed by atoms with Crippen molar-refractivity contribution < 1.29 is 9.59 Å². The normalized spacial score (nSPS) is 15.0. The first-order valence-electron chi connectivity index (χ1n) is 8.59. The summed E-state index contributed by atoms with van der Waals surface area (Å²) in [6.07, 6.45) is 0.778. The SMILES string of the molecule is CC(=O)N1CCc2cc(C(=O)[C@@H](C)Sc3nnnn3C(C)(C)C)ccc21. The molecule has 1 aliphatic heterocycles. The van der Waals surface area contributed by atoms with Crippen LogP contribution >= 0.6 is 11.8 Å². The van der Waals surface area contributed by atoms with Crippen molar-refractivity contribution in [1.29, 1.82) is 0 Å². The fraction of sp³-hybridized carbons (Fsp3) is 0.500. The van der Waals surface area contributed by atoms with Gasteiger partial charge in [0.2, 0.25) is 11.1 Å². The highest BCUT2D eigenvalue weighted by molar-refractivity contribution is 8.00. The number of benzene rings is 1. The molecule has 0 bridgehead atoms. The van der Waals surface area contributed by atoms with Gasteiger partial charge < -0.3 is 4.90 Å². The van der Waals surface area contributed by atoms with Gasteiger partial charge in [0.1, 0.15) is 0 Å². The molecule has 26 heavy (non-hydrogen) atoms. The molecule has 0 saturated heterocycles. The molecule has 8 heteroatoms. The summed E-state index contributed by atoms with van der Waals surface area (Å²) in [5, 5.41) is 12.1. The topological polar surface area (TPSA) is 81.0 Å². The Morgan fingerprint density at radius 2 is 2.00 bits per heavy atom. The lowest BCUT2D eigenvalue weighted by atomic mass is 10.0. The third kappa shape index (κ3) is 3.51. The molecule has 7 nitrogen and oxygen atoms in total. The number of hydrogen-bond donors (Lipinski definition) is 0. The third-order valence-electron chi connectivity index (χ3n) is 4.37. The van der Waals surface area contributed by atoms with Crippen LogP contribution in [0.25, 0.3) is 0 Å². The number of fused-ring (bicyclic) bond motifs is 1. The van der Waals surface area contributed by atoms with Gasteiger partial charge in [-0.2, -0.15) is 0 Å². The van der Waals surface area contributed by atoms with E-state index in [1.54, 1.807) is 22.6 Å². The number of nitrogens with zero attached hydrogens (tertiary/aromatic N) is 5. The molecule has 1 amide bonds. The fourth-order valence-electron chi connectivity index (χ4n) is 3.00. The molecular formula is C18H23N5O2S. The zero-order valence-electron chi connectivity index (χ0n) is 15.7. The van der Waals surface area contributed by atoms with Crippen LogP contribution in [0.5, 0.6) is 0 Å². The second kappa shape index (κ2) is 6.83. The number of Topliss-reactive ketones (excluding diaryl/α,β-unsaturated/α-hetero) is 1. The van der Waals surface area contributed by atoms with Crippen molar-refractivity contribution in [3.63, 3.8) is 0 Å². The number of hydrogen-bond acceptors (Lipinski definition) is 6. The molecule has 3 rings (SSSR count). The van der Waals surface area contributed by atoms with E-state index in [4.69, 9.17) is 0 Å². The number of aromatic nitrogens is 4. The van der Waals surface area contributed by atoms with Crippen LogP contribution in [0.15, 0.2) is 23.4 Å². The quantitative estimate of drug-likeness (QED) is 0.605. The number of tetrazole rings is 1. The lowest BCUT2D eigenvalue weighted by molar-refractivity contribution is -0.116. The first-order valence-corrected chi connectivity index (χ1v) is 9.47. The van der Waals surface area contributed by atoms with E-state index >= 15 is 0 Å². The second-order valence-electron chi connectivity index (χ2n) is 7.43. The monoisotopic (exact) mass is 373 g/mol. The highest BCUT2D eigenvalue weighted by Crippen LogP contribution is 2.31. The van der Waals surface area contributed by atoms with Crippen molar-refractivity contribution in [3.8, 4) is 0 Å². The molecule has 0 fully saturated rings. The van der Waals surface area contributed by atoms with Crippen LogP contribution in [0.2, 0.25) is 0 Å². The van der Waals surface area contributed by atoms with E-state index < -0.39 is 0 Å². The average Bonchev–Trinajstić information content (AvgIpc) is 3.19. The van der Waals surface area contributed by atoms with Crippen LogP contribution in [0, 0.1) is 0 Å². The number of amides is 1. The lowest BCUT2D eigenvalue weighted by Crippen LogP contribution is -2.25. The molecule has 0 unspecified atom stereocenters. The molecule has 0 radical (unpaired) electrons. The molecular weight excluding hydrogens is 350 g/mol. The van der Waals surface area contributed by atoms with Gasteiger partial charge in [0.15, 0.2) is 5.78 Å². The number of anilines is 1. The number of carbonyl (C=O) groups excluding carboxylic acids is 2. The van der Waals surface area contributed by atoms with E-state index in [0.29, 0.717) is 17.3 Å². The van der Waals surface area contributed by atoms with Gasteiger partial charge in [0.25, 0.3) is 0 Å². The standard InChI is InChI=1S/C18H23N5O2S/c1-11(26-17-19-20-21-23(17)18(3,4)5)16(25)14-6-7-15-13(10-14)8-9-22(15)12(2)24/h6-7,10-11H,8-9H2,1-5H3/t11-/m1/s1. The predicted octanol–water partition coefficient (Wildman–Crippen LogP) is 2.70. The number of ketones is 1. The lowest BCUT2D eigenvalue weighted by Gasteiger charge is -2.20. The van der Waals surface area contributed by atoms with Crippen molar-refractivity contribution >= 4 is 29.1 Å². The largest absolute Gasteiger partial charge is 0.312 e. The summed E-state index contributed by atoms with van der Waals surface area (Å²) in [6, 6.07) is 5.57. The maximum atomic E-state index is 12.9. The predicted molar refractivity (Wildman–Crippen MR) is 101 cm³/mol. The molecule has 1 aromatic carbocycles. The minimum absolute atomic E-state index is 0.0285. The van der Waals surface area contributed by atoms with E-state index in [1.807, 2.05) is 39.8 Å². The molecule has 2 heterocycles. The first kappa shape index (κ1) is 18.6. The van der Waals surface area contributed by atoms with Crippen LogP contribution < -0.4 is 4.90 Å².